The molecule has 1 aliphatic heterocycles. The molecule has 7 rings (SSSR count). The van der Waals surface area contributed by atoms with Crippen LogP contribution in [0.3, 0.4) is 0 Å². The molecule has 3 aromatic heterocycles. The summed E-state index contributed by atoms with van der Waals surface area (Å²) in [6, 6.07) is 19.4. The second kappa shape index (κ2) is 15.9. The summed E-state index contributed by atoms with van der Waals surface area (Å²) in [7, 11) is 1.94. The molecule has 0 saturated carbocycles. The predicted molar refractivity (Wildman–Crippen MR) is 221 cm³/mol. The molecule has 9 nitrogen and oxygen atoms in total. The number of aromatic nitrogens is 4. The molecule has 11 heteroatoms. The van der Waals surface area contributed by atoms with Crippen LogP contribution in [-0.2, 0) is 26.4 Å². The maximum Gasteiger partial charge on any atom is 0.337 e. The van der Waals surface area contributed by atoms with Gasteiger partial charge in [0.15, 0.2) is 0 Å². The number of nitrogens with zero attached hydrogens (tertiary/aromatic N) is 6. The summed E-state index contributed by atoms with van der Waals surface area (Å²) in [5, 5.41) is 17.0. The molecule has 0 unspecified atom stereocenters. The van der Waals surface area contributed by atoms with Crippen molar-refractivity contribution in [3.8, 4) is 11.1 Å². The quantitative estimate of drug-likeness (QED) is 0.132. The summed E-state index contributed by atoms with van der Waals surface area (Å²) < 4.78 is 4.04. The summed E-state index contributed by atoms with van der Waals surface area (Å²) in [6.07, 6.45) is 7.01. The Kier molecular flexibility index (Phi) is 11.1. The molecule has 1 N–H and O–H groups in total. The van der Waals surface area contributed by atoms with E-state index in [1.54, 1.807) is 18.3 Å². The molecule has 284 valence electrons. The Morgan fingerprint density at radius 3 is 2.20 bits per heavy atom. The van der Waals surface area contributed by atoms with Crippen LogP contribution in [0.5, 0.6) is 0 Å². The number of carbonyl (C=O) groups is 2. The van der Waals surface area contributed by atoms with Gasteiger partial charge in [0.1, 0.15) is 5.69 Å². The van der Waals surface area contributed by atoms with E-state index < -0.39 is 5.97 Å². The number of carboxylic acid groups (broad SMARTS) is 1. The highest BCUT2D eigenvalue weighted by Gasteiger charge is 2.32. The molecule has 0 atom stereocenters. The molecule has 0 aliphatic carbocycles. The molecule has 55 heavy (non-hydrogen) atoms. The summed E-state index contributed by atoms with van der Waals surface area (Å²) in [4.78, 5) is 35.6. The van der Waals surface area contributed by atoms with Crippen LogP contribution in [0.25, 0.3) is 22.0 Å². The van der Waals surface area contributed by atoms with Crippen molar-refractivity contribution in [3.63, 3.8) is 0 Å². The lowest BCUT2D eigenvalue weighted by molar-refractivity contribution is 0.0691. The number of carboxylic acids is 1. The van der Waals surface area contributed by atoms with Crippen LogP contribution in [0, 0.1) is 27.7 Å². The molecule has 1 aliphatic rings. The fourth-order valence-electron chi connectivity index (χ4n) is 8.24. The fourth-order valence-corrected chi connectivity index (χ4v) is 8.59. The number of halogens is 2. The molecular weight excluding hydrogens is 731 g/mol. The third-order valence-corrected chi connectivity index (χ3v) is 11.9. The number of para-hydroxylation sites is 1. The minimum Gasteiger partial charge on any atom is -0.478 e. The van der Waals surface area contributed by atoms with Crippen molar-refractivity contribution in [2.75, 3.05) is 31.1 Å². The van der Waals surface area contributed by atoms with Crippen LogP contribution in [0.2, 0.25) is 10.0 Å². The smallest absolute Gasteiger partial charge is 0.337 e. The zero-order chi connectivity index (χ0) is 39.0. The number of unbranched alkanes of at least 4 members (excludes halogenated alkanes) is 1. The van der Waals surface area contributed by atoms with Gasteiger partial charge in [-0.15, -0.1) is 0 Å². The Labute approximate surface area is 332 Å². The third-order valence-electron chi connectivity index (χ3n) is 11.0. The van der Waals surface area contributed by atoms with E-state index in [-0.39, 0.29) is 11.5 Å². The molecule has 1 saturated heterocycles. The van der Waals surface area contributed by atoms with Gasteiger partial charge >= 0.3 is 5.97 Å². The SMILES string of the molecule is Cc1cc(CCCCc2c(C(=O)N3CCN(c4ccccc4C(=O)O)CC3)n(Cc3cccnc3)c3c(-c4c(C)nn(C)c4C)c(Cl)ccc23)cc(C)c1Cl. The number of rotatable bonds is 11. The van der Waals surface area contributed by atoms with Gasteiger partial charge in [-0.3, -0.25) is 14.5 Å². The second-order valence-corrected chi connectivity index (χ2v) is 15.4. The van der Waals surface area contributed by atoms with Gasteiger partial charge in [0.25, 0.3) is 5.91 Å². The summed E-state index contributed by atoms with van der Waals surface area (Å²) in [5.41, 5.74) is 11.6. The van der Waals surface area contributed by atoms with E-state index in [0.717, 1.165) is 80.0 Å². The maximum absolute atomic E-state index is 15.2. The summed E-state index contributed by atoms with van der Waals surface area (Å²) in [5.74, 6) is -1.01. The number of hydrogen-bond acceptors (Lipinski definition) is 5. The lowest BCUT2D eigenvalue weighted by atomic mass is 9.96. The molecular formula is C44H46Cl2N6O3. The van der Waals surface area contributed by atoms with Gasteiger partial charge in [-0.1, -0.05) is 59.6 Å². The first-order chi connectivity index (χ1) is 26.4. The van der Waals surface area contributed by atoms with E-state index >= 15 is 4.79 Å². The van der Waals surface area contributed by atoms with Gasteiger partial charge in [-0.2, -0.15) is 5.10 Å². The number of piperazine rings is 1. The molecule has 0 bridgehead atoms. The molecule has 0 spiro atoms. The third kappa shape index (κ3) is 7.48. The van der Waals surface area contributed by atoms with Crippen molar-refractivity contribution >= 4 is 51.7 Å². The predicted octanol–water partition coefficient (Wildman–Crippen LogP) is 9.25. The Hall–Kier alpha value is -5.12. The van der Waals surface area contributed by atoms with Crippen molar-refractivity contribution in [1.82, 2.24) is 24.2 Å². The molecule has 6 aromatic rings. The van der Waals surface area contributed by atoms with E-state index in [1.165, 1.54) is 5.56 Å². The van der Waals surface area contributed by atoms with Gasteiger partial charge in [-0.25, -0.2) is 4.79 Å². The van der Waals surface area contributed by atoms with Crippen molar-refractivity contribution in [2.45, 2.75) is 59.9 Å². The average molecular weight is 778 g/mol. The zero-order valence-electron chi connectivity index (χ0n) is 32.0. The minimum absolute atomic E-state index is 0.0492. The van der Waals surface area contributed by atoms with Gasteiger partial charge < -0.3 is 19.5 Å². The van der Waals surface area contributed by atoms with Crippen LogP contribution >= 0.6 is 23.2 Å². The molecule has 1 amide bonds. The van der Waals surface area contributed by atoms with E-state index in [2.05, 4.69) is 32.7 Å². The average Bonchev–Trinajstić information content (AvgIpc) is 3.62. The van der Waals surface area contributed by atoms with Crippen molar-refractivity contribution < 1.29 is 14.7 Å². The first-order valence-corrected chi connectivity index (χ1v) is 19.5. The number of hydrogen-bond donors (Lipinski definition) is 1. The largest absolute Gasteiger partial charge is 0.478 e. The topological polar surface area (TPSA) is 96.5 Å². The number of amides is 1. The summed E-state index contributed by atoms with van der Waals surface area (Å²) in [6.45, 7) is 10.5. The standard InChI is InChI=1S/C44H46Cl2N6O3/c1-27-23-31(24-28(2)40(27)46)11-6-7-13-33-34-16-17-36(45)39(38-29(3)48-49(5)30(38)4)41(34)52(26-32-12-10-18-47-25-32)42(33)43(53)51-21-19-50(20-22-51)37-15-9-8-14-35(37)44(54)55/h8-10,12,14-18,23-25H,6-7,11,13,19-22,26H2,1-5H3,(H,54,55). The molecule has 1 fully saturated rings. The number of fused-ring (bicyclic) bond motifs is 1. The Morgan fingerprint density at radius 2 is 1.55 bits per heavy atom. The van der Waals surface area contributed by atoms with Gasteiger partial charge in [-0.05, 0) is 105 Å². The number of carbonyl (C=O) groups excluding carboxylic acids is 1. The highest BCUT2D eigenvalue weighted by atomic mass is 35.5. The first kappa shape index (κ1) is 38.2. The normalized spacial score (nSPS) is 13.2. The monoisotopic (exact) mass is 776 g/mol. The lowest BCUT2D eigenvalue weighted by Crippen LogP contribution is -2.49. The van der Waals surface area contributed by atoms with Crippen LogP contribution in [0.15, 0.2) is 73.1 Å². The fraction of sp³-hybridized carbons (Fsp3) is 0.318. The maximum atomic E-state index is 15.2. The zero-order valence-corrected chi connectivity index (χ0v) is 33.5. The number of pyridine rings is 1. The van der Waals surface area contributed by atoms with Crippen LogP contribution < -0.4 is 4.90 Å². The number of benzene rings is 3. The lowest BCUT2D eigenvalue weighted by Gasteiger charge is -2.37. The second-order valence-electron chi connectivity index (χ2n) is 14.6. The van der Waals surface area contributed by atoms with Gasteiger partial charge in [0.05, 0.1) is 27.5 Å². The van der Waals surface area contributed by atoms with Crippen molar-refractivity contribution in [1.29, 1.82) is 0 Å². The highest BCUT2D eigenvalue weighted by Crippen LogP contribution is 2.43. The highest BCUT2D eigenvalue weighted by molar-refractivity contribution is 6.35. The number of anilines is 1. The Balaban J connectivity index is 1.33. The Morgan fingerprint density at radius 1 is 0.836 bits per heavy atom. The van der Waals surface area contributed by atoms with Crippen LogP contribution in [-0.4, -0.2) is 67.4 Å². The van der Waals surface area contributed by atoms with Crippen molar-refractivity contribution in [3.05, 3.63) is 134 Å². The van der Waals surface area contributed by atoms with Crippen LogP contribution in [0.4, 0.5) is 5.69 Å². The van der Waals surface area contributed by atoms with Crippen LogP contribution in [0.1, 0.15) is 72.9 Å². The molecule has 4 heterocycles. The molecule has 0 radical (unpaired) electrons. The van der Waals surface area contributed by atoms with E-state index in [0.29, 0.717) is 55.5 Å². The minimum atomic E-state index is -0.964. The van der Waals surface area contributed by atoms with E-state index in [1.807, 2.05) is 80.9 Å². The van der Waals surface area contributed by atoms with Gasteiger partial charge in [0.2, 0.25) is 0 Å². The number of aromatic carboxylic acids is 1. The van der Waals surface area contributed by atoms with E-state index in [4.69, 9.17) is 28.3 Å². The Bertz CT molecular complexity index is 2390. The summed E-state index contributed by atoms with van der Waals surface area (Å²) >= 11 is 13.7. The first-order valence-electron chi connectivity index (χ1n) is 18.8. The number of aryl methyl sites for hydroxylation is 6. The van der Waals surface area contributed by atoms with Crippen molar-refractivity contribution in [2.24, 2.45) is 7.05 Å². The van der Waals surface area contributed by atoms with Gasteiger partial charge in [0, 0.05) is 79.4 Å². The van der Waals surface area contributed by atoms with E-state index in [9.17, 15) is 9.90 Å². The molecule has 3 aromatic carbocycles.